The SMILES string of the molecule is C=N/C=C\C=N/CC/N=C\C(=C/N=C)C1CC1c1cc(Cl)c(F)c(N2CCCC2)c1. The van der Waals surface area contributed by atoms with Crippen LogP contribution in [-0.2, 0) is 0 Å². The summed E-state index contributed by atoms with van der Waals surface area (Å²) in [7, 11) is 0. The third-order valence-electron chi connectivity index (χ3n) is 5.35. The molecule has 158 valence electrons. The Labute approximate surface area is 182 Å². The summed E-state index contributed by atoms with van der Waals surface area (Å²) >= 11 is 6.22. The Balaban J connectivity index is 1.64. The van der Waals surface area contributed by atoms with Crippen molar-refractivity contribution in [2.24, 2.45) is 25.9 Å². The number of anilines is 1. The van der Waals surface area contributed by atoms with Crippen LogP contribution in [0.3, 0.4) is 0 Å². The summed E-state index contributed by atoms with van der Waals surface area (Å²) in [5.74, 6) is 0.264. The minimum absolute atomic E-state index is 0.194. The zero-order chi connectivity index (χ0) is 21.3. The number of rotatable bonds is 10. The van der Waals surface area contributed by atoms with Crippen molar-refractivity contribution in [3.8, 4) is 0 Å². The van der Waals surface area contributed by atoms with Crippen LogP contribution in [0.4, 0.5) is 10.1 Å². The molecular formula is C23H27ClFN5. The molecule has 1 saturated carbocycles. The van der Waals surface area contributed by atoms with E-state index in [0.717, 1.165) is 43.5 Å². The van der Waals surface area contributed by atoms with Gasteiger partial charge < -0.3 is 4.90 Å². The summed E-state index contributed by atoms with van der Waals surface area (Å²) in [6.45, 7) is 9.87. The number of benzene rings is 1. The van der Waals surface area contributed by atoms with Gasteiger partial charge >= 0.3 is 0 Å². The van der Waals surface area contributed by atoms with E-state index in [0.29, 0.717) is 24.7 Å². The van der Waals surface area contributed by atoms with Gasteiger partial charge in [0.25, 0.3) is 0 Å². The van der Waals surface area contributed by atoms with Crippen molar-refractivity contribution in [3.63, 3.8) is 0 Å². The van der Waals surface area contributed by atoms with Crippen LogP contribution >= 0.6 is 11.6 Å². The molecule has 0 bridgehead atoms. The molecule has 1 aromatic carbocycles. The third-order valence-corrected chi connectivity index (χ3v) is 5.62. The van der Waals surface area contributed by atoms with Gasteiger partial charge in [-0.3, -0.25) is 20.0 Å². The molecule has 5 nitrogen and oxygen atoms in total. The molecule has 1 aromatic rings. The Kier molecular flexibility index (Phi) is 8.08. The first kappa shape index (κ1) is 22.1. The van der Waals surface area contributed by atoms with Crippen molar-refractivity contribution in [2.75, 3.05) is 31.1 Å². The molecule has 2 atom stereocenters. The van der Waals surface area contributed by atoms with Crippen LogP contribution in [0.5, 0.6) is 0 Å². The van der Waals surface area contributed by atoms with E-state index in [1.165, 1.54) is 0 Å². The van der Waals surface area contributed by atoms with Crippen LogP contribution in [0, 0.1) is 11.7 Å². The van der Waals surface area contributed by atoms with Crippen LogP contribution in [0.1, 0.15) is 30.7 Å². The van der Waals surface area contributed by atoms with Crippen LogP contribution in [-0.4, -0.2) is 52.0 Å². The van der Waals surface area contributed by atoms with Crippen molar-refractivity contribution < 1.29 is 4.39 Å². The first-order chi connectivity index (χ1) is 14.7. The highest BCUT2D eigenvalue weighted by molar-refractivity contribution is 6.31. The van der Waals surface area contributed by atoms with Gasteiger partial charge in [0.05, 0.1) is 23.8 Å². The summed E-state index contributed by atoms with van der Waals surface area (Å²) in [5.41, 5.74) is 2.72. The van der Waals surface area contributed by atoms with Gasteiger partial charge in [0.15, 0.2) is 5.82 Å². The minimum Gasteiger partial charge on any atom is -0.369 e. The number of hydrogen-bond donors (Lipinski definition) is 0. The maximum Gasteiger partial charge on any atom is 0.165 e. The van der Waals surface area contributed by atoms with E-state index in [2.05, 4.69) is 38.3 Å². The van der Waals surface area contributed by atoms with Crippen molar-refractivity contribution in [1.82, 2.24) is 0 Å². The summed E-state index contributed by atoms with van der Waals surface area (Å²) < 4.78 is 14.6. The molecule has 1 heterocycles. The molecular weight excluding hydrogens is 401 g/mol. The fourth-order valence-electron chi connectivity index (χ4n) is 3.78. The Morgan fingerprint density at radius 1 is 1.17 bits per heavy atom. The largest absolute Gasteiger partial charge is 0.369 e. The highest BCUT2D eigenvalue weighted by Crippen LogP contribution is 2.52. The zero-order valence-electron chi connectivity index (χ0n) is 17.1. The molecule has 3 rings (SSSR count). The lowest BCUT2D eigenvalue weighted by molar-refractivity contribution is 0.622. The lowest BCUT2D eigenvalue weighted by atomic mass is 10.0. The van der Waals surface area contributed by atoms with Crippen LogP contribution in [0.25, 0.3) is 0 Å². The number of allylic oxidation sites excluding steroid dienone is 2. The number of halogens is 2. The van der Waals surface area contributed by atoms with Gasteiger partial charge in [0, 0.05) is 37.9 Å². The first-order valence-electron chi connectivity index (χ1n) is 10.2. The zero-order valence-corrected chi connectivity index (χ0v) is 17.8. The molecule has 2 fully saturated rings. The molecule has 0 spiro atoms. The predicted octanol–water partition coefficient (Wildman–Crippen LogP) is 5.12. The molecule has 1 aliphatic carbocycles. The van der Waals surface area contributed by atoms with Gasteiger partial charge in [-0.25, -0.2) is 4.39 Å². The van der Waals surface area contributed by atoms with Gasteiger partial charge in [-0.15, -0.1) is 0 Å². The fourth-order valence-corrected chi connectivity index (χ4v) is 4.00. The lowest BCUT2D eigenvalue weighted by Gasteiger charge is -2.20. The predicted molar refractivity (Wildman–Crippen MR) is 127 cm³/mol. The highest BCUT2D eigenvalue weighted by Gasteiger charge is 2.41. The molecule has 30 heavy (non-hydrogen) atoms. The van der Waals surface area contributed by atoms with Gasteiger partial charge in [-0.1, -0.05) is 11.6 Å². The molecule has 2 aliphatic rings. The van der Waals surface area contributed by atoms with Crippen LogP contribution in [0.15, 0.2) is 56.2 Å². The standard InChI is InChI=1S/C23H27ClFN5/c1-26-6-5-7-28-8-9-29-16-18(15-27-2)20-14-19(20)17-12-21(24)23(25)22(13-17)30-10-3-4-11-30/h5-7,12-13,15-16,19-20H,1-4,8-11,14H2/b6-5-,18-15+,28-7-,29-16-. The normalized spacial score (nSPS) is 21.9. The second kappa shape index (κ2) is 11.0. The Morgan fingerprint density at radius 2 is 1.93 bits per heavy atom. The Morgan fingerprint density at radius 3 is 2.67 bits per heavy atom. The van der Waals surface area contributed by atoms with Crippen LogP contribution < -0.4 is 4.90 Å². The molecule has 0 N–H and O–H groups in total. The Hall–Kier alpha value is -2.60. The molecule has 1 aliphatic heterocycles. The van der Waals surface area contributed by atoms with Gasteiger partial charge in [-0.2, -0.15) is 0 Å². The minimum atomic E-state index is -0.316. The lowest BCUT2D eigenvalue weighted by Crippen LogP contribution is -2.19. The van der Waals surface area contributed by atoms with Gasteiger partial charge in [0.1, 0.15) is 0 Å². The van der Waals surface area contributed by atoms with Crippen molar-refractivity contribution >= 4 is 43.2 Å². The molecule has 2 unspecified atom stereocenters. The van der Waals surface area contributed by atoms with E-state index in [9.17, 15) is 4.39 Å². The second-order valence-electron chi connectivity index (χ2n) is 7.40. The van der Waals surface area contributed by atoms with E-state index in [4.69, 9.17) is 11.6 Å². The molecule has 7 heteroatoms. The fraction of sp³-hybridized carbons (Fsp3) is 0.391. The highest BCUT2D eigenvalue weighted by atomic mass is 35.5. The monoisotopic (exact) mass is 427 g/mol. The number of hydrogen-bond acceptors (Lipinski definition) is 5. The summed E-state index contributed by atoms with van der Waals surface area (Å²) in [5, 5.41) is 0.194. The molecule has 0 aromatic heterocycles. The summed E-state index contributed by atoms with van der Waals surface area (Å²) in [6.07, 6.45) is 11.7. The van der Waals surface area contributed by atoms with E-state index in [1.54, 1.807) is 30.8 Å². The smallest absolute Gasteiger partial charge is 0.165 e. The molecule has 0 radical (unpaired) electrons. The first-order valence-corrected chi connectivity index (χ1v) is 10.5. The maximum atomic E-state index is 14.6. The van der Waals surface area contributed by atoms with Crippen molar-refractivity contribution in [2.45, 2.75) is 25.2 Å². The molecule has 0 amide bonds. The summed E-state index contributed by atoms with van der Waals surface area (Å²) in [6, 6.07) is 3.73. The number of aliphatic imine (C=N–C) groups is 4. The third kappa shape index (κ3) is 5.72. The quantitative estimate of drug-likeness (QED) is 0.377. The van der Waals surface area contributed by atoms with Gasteiger partial charge in [0.2, 0.25) is 0 Å². The maximum absolute atomic E-state index is 14.6. The van der Waals surface area contributed by atoms with Gasteiger partial charge in [-0.05, 0) is 73.9 Å². The van der Waals surface area contributed by atoms with E-state index < -0.39 is 0 Å². The Bertz CT molecular complexity index is 884. The van der Waals surface area contributed by atoms with E-state index in [1.807, 2.05) is 12.3 Å². The van der Waals surface area contributed by atoms with E-state index in [-0.39, 0.29) is 16.8 Å². The van der Waals surface area contributed by atoms with Crippen molar-refractivity contribution in [3.05, 3.63) is 52.6 Å². The summed E-state index contributed by atoms with van der Waals surface area (Å²) in [4.78, 5) is 18.3. The second-order valence-corrected chi connectivity index (χ2v) is 7.81. The van der Waals surface area contributed by atoms with Crippen molar-refractivity contribution in [1.29, 1.82) is 0 Å². The average molecular weight is 428 g/mol. The average Bonchev–Trinajstić information content (AvgIpc) is 3.35. The van der Waals surface area contributed by atoms with Crippen LogP contribution in [0.2, 0.25) is 5.02 Å². The topological polar surface area (TPSA) is 52.7 Å². The number of nitrogens with zero attached hydrogens (tertiary/aromatic N) is 5. The molecule has 1 saturated heterocycles. The van der Waals surface area contributed by atoms with E-state index >= 15 is 0 Å².